The van der Waals surface area contributed by atoms with Crippen molar-refractivity contribution in [1.29, 1.82) is 0 Å². The van der Waals surface area contributed by atoms with Crippen LogP contribution < -0.4 is 9.46 Å². The molecule has 0 fully saturated rings. The molecule has 32 heavy (non-hydrogen) atoms. The van der Waals surface area contributed by atoms with E-state index in [1.807, 2.05) is 66.7 Å². The first-order valence-corrected chi connectivity index (χ1v) is 11.5. The van der Waals surface area contributed by atoms with E-state index in [-0.39, 0.29) is 0 Å². The van der Waals surface area contributed by atoms with Gasteiger partial charge in [-0.25, -0.2) is 4.21 Å². The maximum atomic E-state index is 13.1. The zero-order chi connectivity index (χ0) is 21.7. The molecule has 0 aliphatic carbocycles. The van der Waals surface area contributed by atoms with Gasteiger partial charge in [-0.15, -0.1) is 0 Å². The summed E-state index contributed by atoms with van der Waals surface area (Å²) in [6, 6.07) is 29.7. The highest BCUT2D eigenvalue weighted by Gasteiger charge is 2.17. The third-order valence-corrected chi connectivity index (χ3v) is 6.95. The third kappa shape index (κ3) is 2.93. The van der Waals surface area contributed by atoms with Crippen molar-refractivity contribution in [3.63, 3.8) is 0 Å². The predicted molar refractivity (Wildman–Crippen MR) is 132 cm³/mol. The summed E-state index contributed by atoms with van der Waals surface area (Å²) in [5.41, 5.74) is 2.49. The molecule has 5 aromatic carbocycles. The minimum atomic E-state index is -1.43. The molecular weight excluding hydrogens is 418 g/mol. The summed E-state index contributed by atoms with van der Waals surface area (Å²) < 4.78 is 27.9. The number of fused-ring (bicyclic) bond motifs is 7. The van der Waals surface area contributed by atoms with Gasteiger partial charge in [-0.2, -0.15) is 0 Å². The van der Waals surface area contributed by atoms with Gasteiger partial charge in [0.15, 0.2) is 0 Å². The van der Waals surface area contributed by atoms with E-state index in [1.54, 1.807) is 7.11 Å². The zero-order valence-electron chi connectivity index (χ0n) is 17.3. The number of benzene rings is 5. The second-order valence-electron chi connectivity index (χ2n) is 7.65. The van der Waals surface area contributed by atoms with Gasteiger partial charge in [-0.05, 0) is 47.2 Å². The van der Waals surface area contributed by atoms with E-state index in [0.29, 0.717) is 4.90 Å². The van der Waals surface area contributed by atoms with E-state index in [9.17, 15) is 4.21 Å². The van der Waals surface area contributed by atoms with Crippen LogP contribution in [0.3, 0.4) is 0 Å². The SMILES string of the molecule is COc1ccc(S(=O)Nc2cc3c(oc4ccc5ccccc5c43)c3ccccc23)cc1. The standard InChI is InChI=1S/C27H19NO3S/c1-30-18-11-13-19(14-12-18)32(29)28-24-16-23-26-20-7-3-2-6-17(20)10-15-25(26)31-27(23)22-9-5-4-8-21(22)24/h2-16,28H,1H3. The molecule has 1 unspecified atom stereocenters. The summed E-state index contributed by atoms with van der Waals surface area (Å²) in [7, 11) is 0.187. The Hall–Kier alpha value is -3.83. The maximum absolute atomic E-state index is 13.1. The molecule has 0 saturated carbocycles. The minimum absolute atomic E-state index is 0.678. The van der Waals surface area contributed by atoms with Gasteiger partial charge in [-0.3, -0.25) is 0 Å². The Bertz CT molecular complexity index is 1650. The first-order chi connectivity index (χ1) is 15.7. The highest BCUT2D eigenvalue weighted by Crippen LogP contribution is 2.41. The van der Waals surface area contributed by atoms with E-state index < -0.39 is 11.0 Å². The Morgan fingerprint density at radius 1 is 0.781 bits per heavy atom. The lowest BCUT2D eigenvalue weighted by atomic mass is 10.0. The van der Waals surface area contributed by atoms with Gasteiger partial charge in [0.05, 0.1) is 17.7 Å². The quantitative estimate of drug-likeness (QED) is 0.322. The van der Waals surface area contributed by atoms with Gasteiger partial charge in [0.2, 0.25) is 0 Å². The van der Waals surface area contributed by atoms with Crippen LogP contribution in [-0.2, 0) is 11.0 Å². The number of furan rings is 1. The van der Waals surface area contributed by atoms with Crippen LogP contribution in [0, 0.1) is 0 Å². The van der Waals surface area contributed by atoms with Crippen molar-refractivity contribution in [2.45, 2.75) is 4.90 Å². The summed E-state index contributed by atoms with van der Waals surface area (Å²) in [4.78, 5) is 0.678. The van der Waals surface area contributed by atoms with Crippen LogP contribution in [0.2, 0.25) is 0 Å². The number of methoxy groups -OCH3 is 1. The summed E-state index contributed by atoms with van der Waals surface area (Å²) >= 11 is 0. The third-order valence-electron chi connectivity index (χ3n) is 5.84. The zero-order valence-corrected chi connectivity index (χ0v) is 18.1. The van der Waals surface area contributed by atoms with Gasteiger partial charge in [0.25, 0.3) is 0 Å². The average Bonchev–Trinajstić information content (AvgIpc) is 3.23. The van der Waals surface area contributed by atoms with Gasteiger partial charge >= 0.3 is 0 Å². The molecule has 0 bridgehead atoms. The molecule has 1 atom stereocenters. The molecule has 0 aliphatic heterocycles. The highest BCUT2D eigenvalue weighted by atomic mass is 32.2. The van der Waals surface area contributed by atoms with Crippen LogP contribution in [0.4, 0.5) is 5.69 Å². The lowest BCUT2D eigenvalue weighted by Crippen LogP contribution is -2.05. The maximum Gasteiger partial charge on any atom is 0.150 e. The minimum Gasteiger partial charge on any atom is -0.497 e. The van der Waals surface area contributed by atoms with Crippen molar-refractivity contribution in [2.75, 3.05) is 11.8 Å². The molecule has 6 rings (SSSR count). The molecular formula is C27H19NO3S. The van der Waals surface area contributed by atoms with Crippen molar-refractivity contribution in [2.24, 2.45) is 0 Å². The summed E-state index contributed by atoms with van der Waals surface area (Å²) in [6.45, 7) is 0. The number of rotatable bonds is 4. The van der Waals surface area contributed by atoms with E-state index >= 15 is 0 Å². The van der Waals surface area contributed by atoms with E-state index in [4.69, 9.17) is 9.15 Å². The summed E-state index contributed by atoms with van der Waals surface area (Å²) in [5.74, 6) is 0.731. The number of hydrogen-bond donors (Lipinski definition) is 1. The molecule has 0 amide bonds. The van der Waals surface area contributed by atoms with Crippen molar-refractivity contribution in [1.82, 2.24) is 0 Å². The normalized spacial score (nSPS) is 12.5. The molecule has 6 aromatic rings. The van der Waals surface area contributed by atoms with Crippen LogP contribution >= 0.6 is 0 Å². The molecule has 5 heteroatoms. The first-order valence-electron chi connectivity index (χ1n) is 10.3. The lowest BCUT2D eigenvalue weighted by molar-refractivity contribution is 0.414. The largest absolute Gasteiger partial charge is 0.497 e. The summed E-state index contributed by atoms with van der Waals surface area (Å²) in [6.07, 6.45) is 0. The van der Waals surface area contributed by atoms with E-state index in [2.05, 4.69) is 29.0 Å². The smallest absolute Gasteiger partial charge is 0.150 e. The Balaban J connectivity index is 1.58. The van der Waals surface area contributed by atoms with Gasteiger partial charge < -0.3 is 13.9 Å². The van der Waals surface area contributed by atoms with Crippen molar-refractivity contribution < 1.29 is 13.4 Å². The number of anilines is 1. The Morgan fingerprint density at radius 3 is 2.28 bits per heavy atom. The second kappa shape index (κ2) is 7.39. The molecule has 4 nitrogen and oxygen atoms in total. The average molecular weight is 438 g/mol. The van der Waals surface area contributed by atoms with E-state index in [1.165, 1.54) is 0 Å². The molecule has 1 aromatic heterocycles. The molecule has 0 saturated heterocycles. The molecule has 0 radical (unpaired) electrons. The van der Waals surface area contributed by atoms with E-state index in [0.717, 1.165) is 54.9 Å². The first kappa shape index (κ1) is 18.9. The number of hydrogen-bond acceptors (Lipinski definition) is 3. The monoisotopic (exact) mass is 437 g/mol. The van der Waals surface area contributed by atoms with Crippen LogP contribution in [0.5, 0.6) is 5.75 Å². The fourth-order valence-electron chi connectivity index (χ4n) is 4.31. The van der Waals surface area contributed by atoms with Crippen LogP contribution in [0.15, 0.2) is 100 Å². The molecule has 1 N–H and O–H groups in total. The van der Waals surface area contributed by atoms with Gasteiger partial charge in [0, 0.05) is 21.5 Å². The Labute approximate surface area is 187 Å². The molecule has 1 heterocycles. The summed E-state index contributed by atoms with van der Waals surface area (Å²) in [5, 5.41) is 6.32. The Morgan fingerprint density at radius 2 is 1.50 bits per heavy atom. The fourth-order valence-corrected chi connectivity index (χ4v) is 5.18. The topological polar surface area (TPSA) is 51.5 Å². The van der Waals surface area contributed by atoms with Crippen LogP contribution in [-0.4, -0.2) is 11.3 Å². The lowest BCUT2D eigenvalue weighted by Gasteiger charge is -2.11. The second-order valence-corrected chi connectivity index (χ2v) is 8.87. The predicted octanol–water partition coefficient (Wildman–Crippen LogP) is 7.04. The molecule has 0 aliphatic rings. The van der Waals surface area contributed by atoms with Crippen molar-refractivity contribution >= 4 is 60.2 Å². The van der Waals surface area contributed by atoms with Crippen LogP contribution in [0.25, 0.3) is 43.5 Å². The fraction of sp³-hybridized carbons (Fsp3) is 0.0370. The van der Waals surface area contributed by atoms with Crippen molar-refractivity contribution in [3.8, 4) is 5.75 Å². The van der Waals surface area contributed by atoms with Crippen molar-refractivity contribution in [3.05, 3.63) is 91.0 Å². The molecule has 0 spiro atoms. The Kier molecular flexibility index (Phi) is 4.37. The highest BCUT2D eigenvalue weighted by molar-refractivity contribution is 7.86. The molecule has 156 valence electrons. The van der Waals surface area contributed by atoms with Crippen LogP contribution in [0.1, 0.15) is 0 Å². The number of ether oxygens (including phenoxy) is 1. The van der Waals surface area contributed by atoms with Gasteiger partial charge in [0.1, 0.15) is 27.9 Å². The number of nitrogens with one attached hydrogen (secondary N) is 1. The van der Waals surface area contributed by atoms with Gasteiger partial charge in [-0.1, -0.05) is 54.6 Å².